The van der Waals surface area contributed by atoms with Gasteiger partial charge in [0.25, 0.3) is 5.91 Å². The number of carbonyl (C=O) groups is 1. The summed E-state index contributed by atoms with van der Waals surface area (Å²) in [6, 6.07) is 5.54. The van der Waals surface area contributed by atoms with Crippen molar-refractivity contribution in [3.05, 3.63) is 34.2 Å². The van der Waals surface area contributed by atoms with E-state index in [1.165, 1.54) is 16.7 Å². The highest BCUT2D eigenvalue weighted by Crippen LogP contribution is 2.37. The summed E-state index contributed by atoms with van der Waals surface area (Å²) in [5.74, 6) is 0.827. The van der Waals surface area contributed by atoms with Crippen LogP contribution >= 0.6 is 24.0 Å². The van der Waals surface area contributed by atoms with E-state index >= 15 is 0 Å². The van der Waals surface area contributed by atoms with E-state index < -0.39 is 9.84 Å². The second-order valence-electron chi connectivity index (χ2n) is 6.61. The van der Waals surface area contributed by atoms with E-state index in [-0.39, 0.29) is 29.6 Å². The summed E-state index contributed by atoms with van der Waals surface area (Å²) < 4.78 is 29.5. The number of hydrogen-bond acceptors (Lipinski definition) is 6. The number of carbonyl (C=O) groups excluding carboxylic acids is 1. The molecule has 132 valence electrons. The molecule has 8 heteroatoms. The molecule has 0 aromatic heterocycles. The summed E-state index contributed by atoms with van der Waals surface area (Å²) >= 11 is 6.57. The van der Waals surface area contributed by atoms with Crippen molar-refractivity contribution in [2.45, 2.75) is 31.9 Å². The molecular formula is C17H17NO4S3. The van der Waals surface area contributed by atoms with Gasteiger partial charge in [-0.15, -0.1) is 0 Å². The normalized spacial score (nSPS) is 29.3. The first kappa shape index (κ1) is 17.1. The maximum absolute atomic E-state index is 12.7. The minimum atomic E-state index is -3.06. The summed E-state index contributed by atoms with van der Waals surface area (Å²) in [5.41, 5.74) is 2.06. The number of amides is 1. The molecule has 25 heavy (non-hydrogen) atoms. The van der Waals surface area contributed by atoms with Gasteiger partial charge in [0.05, 0.1) is 22.5 Å². The topological polar surface area (TPSA) is 63.7 Å². The largest absolute Gasteiger partial charge is 0.490 e. The van der Waals surface area contributed by atoms with Gasteiger partial charge in [-0.05, 0) is 42.7 Å². The van der Waals surface area contributed by atoms with Crippen LogP contribution in [0.3, 0.4) is 0 Å². The van der Waals surface area contributed by atoms with Crippen LogP contribution in [0.25, 0.3) is 6.08 Å². The van der Waals surface area contributed by atoms with Crippen molar-refractivity contribution in [3.63, 3.8) is 0 Å². The number of nitrogens with zero attached hydrogens (tertiary/aromatic N) is 1. The van der Waals surface area contributed by atoms with Crippen LogP contribution < -0.4 is 4.74 Å². The molecule has 2 saturated heterocycles. The minimum Gasteiger partial charge on any atom is -0.490 e. The van der Waals surface area contributed by atoms with Gasteiger partial charge < -0.3 is 4.74 Å². The molecular weight excluding hydrogens is 378 g/mol. The van der Waals surface area contributed by atoms with E-state index in [1.807, 2.05) is 31.2 Å². The second-order valence-corrected chi connectivity index (χ2v) is 10.5. The predicted molar refractivity (Wildman–Crippen MR) is 102 cm³/mol. The Hall–Kier alpha value is -1.38. The van der Waals surface area contributed by atoms with Gasteiger partial charge in [-0.25, -0.2) is 8.42 Å². The second kappa shape index (κ2) is 6.10. The number of rotatable bonds is 2. The van der Waals surface area contributed by atoms with E-state index in [0.717, 1.165) is 23.3 Å². The SMILES string of the molecule is C[C@H]1Cc2cc(/C=C3/SC(=S)N([C@@H]4CCS(=O)(=O)C4)C3=O)ccc2O1. The van der Waals surface area contributed by atoms with E-state index in [0.29, 0.717) is 15.6 Å². The Balaban J connectivity index is 1.58. The molecule has 4 rings (SSSR count). The van der Waals surface area contributed by atoms with E-state index in [1.54, 1.807) is 0 Å². The fourth-order valence-electron chi connectivity index (χ4n) is 3.46. The zero-order valence-corrected chi connectivity index (χ0v) is 16.0. The number of benzene rings is 1. The lowest BCUT2D eigenvalue weighted by Gasteiger charge is -2.20. The van der Waals surface area contributed by atoms with Crippen molar-refractivity contribution in [1.29, 1.82) is 0 Å². The molecule has 0 radical (unpaired) electrons. The number of ether oxygens (including phenoxy) is 1. The van der Waals surface area contributed by atoms with Crippen LogP contribution in [-0.2, 0) is 21.1 Å². The van der Waals surface area contributed by atoms with Gasteiger partial charge in [0, 0.05) is 6.42 Å². The van der Waals surface area contributed by atoms with Crippen LogP contribution in [-0.4, -0.2) is 47.2 Å². The lowest BCUT2D eigenvalue weighted by molar-refractivity contribution is -0.123. The summed E-state index contributed by atoms with van der Waals surface area (Å²) in [7, 11) is -3.06. The Kier molecular flexibility index (Phi) is 4.16. The molecule has 5 nitrogen and oxygen atoms in total. The van der Waals surface area contributed by atoms with Gasteiger partial charge in [-0.3, -0.25) is 9.69 Å². The van der Waals surface area contributed by atoms with E-state index in [9.17, 15) is 13.2 Å². The molecule has 2 atom stereocenters. The fourth-order valence-corrected chi connectivity index (χ4v) is 6.56. The monoisotopic (exact) mass is 395 g/mol. The molecule has 0 bridgehead atoms. The number of thiocarbonyl (C=S) groups is 1. The molecule has 1 aromatic carbocycles. The van der Waals surface area contributed by atoms with Crippen molar-refractivity contribution < 1.29 is 17.9 Å². The molecule has 0 aliphatic carbocycles. The molecule has 3 aliphatic heterocycles. The first-order chi connectivity index (χ1) is 11.8. The van der Waals surface area contributed by atoms with E-state index in [4.69, 9.17) is 17.0 Å². The van der Waals surface area contributed by atoms with Crippen LogP contribution in [0.15, 0.2) is 23.1 Å². The fraction of sp³-hybridized carbons (Fsp3) is 0.412. The lowest BCUT2D eigenvalue weighted by Crippen LogP contribution is -2.39. The van der Waals surface area contributed by atoms with E-state index in [2.05, 4.69) is 0 Å². The Morgan fingerprint density at radius 1 is 1.40 bits per heavy atom. The van der Waals surface area contributed by atoms with Crippen LogP contribution in [0, 0.1) is 0 Å². The first-order valence-electron chi connectivity index (χ1n) is 8.09. The Bertz CT molecular complexity index is 906. The maximum atomic E-state index is 12.7. The third-order valence-corrected chi connectivity index (χ3v) is 7.70. The number of thioether (sulfide) groups is 1. The molecule has 1 amide bonds. The standard InChI is InChI=1S/C17H17NO4S3/c1-10-6-12-7-11(2-3-14(12)22-10)8-15-16(19)18(17(23)24-15)13-4-5-25(20,21)9-13/h2-3,7-8,10,13H,4-6,9H2,1H3/b15-8+/t10-,13+/m0/s1. The van der Waals surface area contributed by atoms with Gasteiger partial charge in [0.2, 0.25) is 0 Å². The highest BCUT2D eigenvalue weighted by molar-refractivity contribution is 8.26. The van der Waals surface area contributed by atoms with Crippen LogP contribution in [0.5, 0.6) is 5.75 Å². The maximum Gasteiger partial charge on any atom is 0.266 e. The van der Waals surface area contributed by atoms with Crippen molar-refractivity contribution in [2.24, 2.45) is 0 Å². The van der Waals surface area contributed by atoms with Gasteiger partial charge in [-0.1, -0.05) is 30.0 Å². The van der Waals surface area contributed by atoms with Crippen molar-refractivity contribution >= 4 is 50.1 Å². The van der Waals surface area contributed by atoms with Crippen LogP contribution in [0.2, 0.25) is 0 Å². The van der Waals surface area contributed by atoms with Crippen molar-refractivity contribution in [1.82, 2.24) is 4.90 Å². The molecule has 0 saturated carbocycles. The zero-order valence-electron chi connectivity index (χ0n) is 13.6. The molecule has 3 heterocycles. The van der Waals surface area contributed by atoms with Crippen LogP contribution in [0.1, 0.15) is 24.5 Å². The molecule has 1 aromatic rings. The lowest BCUT2D eigenvalue weighted by atomic mass is 10.1. The zero-order chi connectivity index (χ0) is 17.8. The third kappa shape index (κ3) is 3.22. The number of sulfone groups is 1. The first-order valence-corrected chi connectivity index (χ1v) is 11.1. The molecule has 0 spiro atoms. The van der Waals surface area contributed by atoms with Gasteiger partial charge in [0.1, 0.15) is 16.2 Å². The Morgan fingerprint density at radius 3 is 2.92 bits per heavy atom. The van der Waals surface area contributed by atoms with Gasteiger partial charge in [0.15, 0.2) is 9.84 Å². The highest BCUT2D eigenvalue weighted by atomic mass is 32.2. The number of fused-ring (bicyclic) bond motifs is 1. The summed E-state index contributed by atoms with van der Waals surface area (Å²) in [4.78, 5) is 14.8. The predicted octanol–water partition coefficient (Wildman–Crippen LogP) is 2.40. The molecule has 0 N–H and O–H groups in total. The number of hydrogen-bond donors (Lipinski definition) is 0. The third-order valence-electron chi connectivity index (χ3n) is 4.61. The average Bonchev–Trinajstić information content (AvgIpc) is 3.15. The summed E-state index contributed by atoms with van der Waals surface area (Å²) in [5, 5.41) is 0. The summed E-state index contributed by atoms with van der Waals surface area (Å²) in [6.07, 6.45) is 3.31. The Labute approximate surface area is 156 Å². The Morgan fingerprint density at radius 2 is 2.20 bits per heavy atom. The minimum absolute atomic E-state index is 0.000786. The van der Waals surface area contributed by atoms with Gasteiger partial charge >= 0.3 is 0 Å². The molecule has 3 aliphatic rings. The van der Waals surface area contributed by atoms with Gasteiger partial charge in [-0.2, -0.15) is 0 Å². The highest BCUT2D eigenvalue weighted by Gasteiger charge is 2.42. The smallest absolute Gasteiger partial charge is 0.266 e. The molecule has 0 unspecified atom stereocenters. The molecule has 2 fully saturated rings. The summed E-state index contributed by atoms with van der Waals surface area (Å²) in [6.45, 7) is 2.03. The average molecular weight is 396 g/mol. The van der Waals surface area contributed by atoms with Crippen LogP contribution in [0.4, 0.5) is 0 Å². The van der Waals surface area contributed by atoms with Crippen molar-refractivity contribution in [2.75, 3.05) is 11.5 Å². The van der Waals surface area contributed by atoms with Crippen molar-refractivity contribution in [3.8, 4) is 5.75 Å². The quantitative estimate of drug-likeness (QED) is 0.566.